The summed E-state index contributed by atoms with van der Waals surface area (Å²) in [6, 6.07) is 5.81. The summed E-state index contributed by atoms with van der Waals surface area (Å²) >= 11 is 1.91. The van der Waals surface area contributed by atoms with E-state index in [9.17, 15) is 0 Å². The number of nitrogens with one attached hydrogen (secondary N) is 1. The molecular weight excluding hydrogens is 228 g/mol. The smallest absolute Gasteiger partial charge is 0.0445 e. The highest BCUT2D eigenvalue weighted by atomic mass is 32.1. The Balaban J connectivity index is 1.64. The maximum Gasteiger partial charge on any atom is 0.0445 e. The van der Waals surface area contributed by atoms with Gasteiger partial charge in [0.05, 0.1) is 0 Å². The lowest BCUT2D eigenvalue weighted by Gasteiger charge is -2.33. The molecule has 2 fully saturated rings. The molecule has 0 bridgehead atoms. The van der Waals surface area contributed by atoms with Crippen molar-refractivity contribution in [2.75, 3.05) is 20.1 Å². The zero-order valence-corrected chi connectivity index (χ0v) is 11.4. The number of piperidine rings is 1. The van der Waals surface area contributed by atoms with E-state index in [1.807, 2.05) is 11.3 Å². The Labute approximate surface area is 108 Å². The summed E-state index contributed by atoms with van der Waals surface area (Å²) in [5, 5.41) is 6.13. The first-order chi connectivity index (χ1) is 8.33. The van der Waals surface area contributed by atoms with E-state index >= 15 is 0 Å². The Morgan fingerprint density at radius 2 is 2.29 bits per heavy atom. The molecule has 3 heteroatoms. The lowest BCUT2D eigenvalue weighted by Crippen LogP contribution is -2.45. The van der Waals surface area contributed by atoms with E-state index in [4.69, 9.17) is 0 Å². The van der Waals surface area contributed by atoms with Gasteiger partial charge in [-0.2, -0.15) is 0 Å². The Morgan fingerprint density at radius 1 is 1.41 bits per heavy atom. The van der Waals surface area contributed by atoms with Crippen LogP contribution in [0.2, 0.25) is 0 Å². The Kier molecular flexibility index (Phi) is 3.50. The van der Waals surface area contributed by atoms with Gasteiger partial charge in [0, 0.05) is 23.5 Å². The minimum absolute atomic E-state index is 0.631. The summed E-state index contributed by atoms with van der Waals surface area (Å²) in [6.45, 7) is 2.49. The van der Waals surface area contributed by atoms with Crippen molar-refractivity contribution in [2.45, 2.75) is 37.8 Å². The predicted octanol–water partition coefficient (Wildman–Crippen LogP) is 2.88. The molecule has 0 amide bonds. The van der Waals surface area contributed by atoms with Gasteiger partial charge in [0.15, 0.2) is 0 Å². The fourth-order valence-electron chi connectivity index (χ4n) is 2.90. The first-order valence-corrected chi connectivity index (χ1v) is 7.69. The van der Waals surface area contributed by atoms with Gasteiger partial charge >= 0.3 is 0 Å². The normalized spacial score (nSPS) is 28.2. The Bertz CT molecular complexity index is 345. The van der Waals surface area contributed by atoms with Crippen molar-refractivity contribution in [1.82, 2.24) is 10.2 Å². The molecule has 17 heavy (non-hydrogen) atoms. The second-order valence-electron chi connectivity index (χ2n) is 5.60. The van der Waals surface area contributed by atoms with Crippen molar-refractivity contribution in [1.29, 1.82) is 0 Å². The maximum absolute atomic E-state index is 3.92. The fraction of sp³-hybridized carbons (Fsp3) is 0.714. The summed E-state index contributed by atoms with van der Waals surface area (Å²) in [4.78, 5) is 4.00. The van der Waals surface area contributed by atoms with Crippen LogP contribution < -0.4 is 5.32 Å². The molecule has 1 aromatic heterocycles. The van der Waals surface area contributed by atoms with E-state index in [1.54, 1.807) is 4.88 Å². The average Bonchev–Trinajstić information content (AvgIpc) is 3.01. The molecule has 2 unspecified atom stereocenters. The number of likely N-dealkylation sites (N-methyl/N-ethyl adjacent to an activating group) is 1. The number of hydrogen-bond donors (Lipinski definition) is 1. The third-order valence-corrected chi connectivity index (χ3v) is 4.94. The second-order valence-corrected chi connectivity index (χ2v) is 6.58. The quantitative estimate of drug-likeness (QED) is 0.884. The molecule has 1 aliphatic carbocycles. The van der Waals surface area contributed by atoms with Crippen LogP contribution in [-0.2, 0) is 0 Å². The topological polar surface area (TPSA) is 15.3 Å². The number of nitrogens with zero attached hydrogens (tertiary/aromatic N) is 1. The van der Waals surface area contributed by atoms with Crippen molar-refractivity contribution in [3.8, 4) is 0 Å². The van der Waals surface area contributed by atoms with Crippen LogP contribution in [0.3, 0.4) is 0 Å². The van der Waals surface area contributed by atoms with E-state index in [0.717, 1.165) is 5.92 Å². The highest BCUT2D eigenvalue weighted by molar-refractivity contribution is 7.10. The lowest BCUT2D eigenvalue weighted by molar-refractivity contribution is 0.212. The maximum atomic E-state index is 3.92. The lowest BCUT2D eigenvalue weighted by atomic mass is 10.0. The highest BCUT2D eigenvalue weighted by Crippen LogP contribution is 2.42. The van der Waals surface area contributed by atoms with Gasteiger partial charge in [0.2, 0.25) is 0 Å². The molecule has 2 heterocycles. The van der Waals surface area contributed by atoms with Crippen LogP contribution in [0.15, 0.2) is 17.5 Å². The first kappa shape index (κ1) is 11.7. The largest absolute Gasteiger partial charge is 0.305 e. The van der Waals surface area contributed by atoms with Crippen molar-refractivity contribution in [2.24, 2.45) is 5.92 Å². The van der Waals surface area contributed by atoms with E-state index in [-0.39, 0.29) is 0 Å². The van der Waals surface area contributed by atoms with Crippen molar-refractivity contribution >= 4 is 11.3 Å². The van der Waals surface area contributed by atoms with E-state index in [0.29, 0.717) is 12.1 Å². The molecule has 2 aliphatic rings. The zero-order chi connectivity index (χ0) is 11.7. The SMILES string of the molecule is CN1CCCC(NC(c2cccs2)C2CC2)C1. The standard InChI is InChI=1S/C14H22N2S/c1-16-8-2-4-12(10-16)15-14(11-6-7-11)13-5-3-9-17-13/h3,5,9,11-12,14-15H,2,4,6-8,10H2,1H3. The summed E-state index contributed by atoms with van der Waals surface area (Å²) in [7, 11) is 2.24. The highest BCUT2D eigenvalue weighted by Gasteiger charge is 2.34. The minimum Gasteiger partial charge on any atom is -0.305 e. The van der Waals surface area contributed by atoms with Gasteiger partial charge in [-0.1, -0.05) is 6.07 Å². The molecule has 1 aromatic rings. The minimum atomic E-state index is 0.631. The molecule has 0 aromatic carbocycles. The van der Waals surface area contributed by atoms with Crippen LogP contribution in [0.4, 0.5) is 0 Å². The summed E-state index contributed by atoms with van der Waals surface area (Å²) in [6.07, 6.45) is 5.52. The Hall–Kier alpha value is -0.380. The van der Waals surface area contributed by atoms with Crippen LogP contribution in [0, 0.1) is 5.92 Å². The third kappa shape index (κ3) is 2.90. The van der Waals surface area contributed by atoms with Gasteiger partial charge in [-0.25, -0.2) is 0 Å². The molecule has 2 atom stereocenters. The van der Waals surface area contributed by atoms with Crippen LogP contribution >= 0.6 is 11.3 Å². The third-order valence-electron chi connectivity index (χ3n) is 3.98. The molecule has 3 rings (SSSR count). The zero-order valence-electron chi connectivity index (χ0n) is 10.6. The van der Waals surface area contributed by atoms with Crippen LogP contribution in [0.1, 0.15) is 36.6 Å². The fourth-order valence-corrected chi connectivity index (χ4v) is 3.78. The first-order valence-electron chi connectivity index (χ1n) is 6.81. The molecule has 0 spiro atoms. The monoisotopic (exact) mass is 250 g/mol. The van der Waals surface area contributed by atoms with Crippen LogP contribution in [0.25, 0.3) is 0 Å². The van der Waals surface area contributed by atoms with Gasteiger partial charge < -0.3 is 10.2 Å². The van der Waals surface area contributed by atoms with Crippen LogP contribution in [-0.4, -0.2) is 31.1 Å². The number of likely N-dealkylation sites (tertiary alicyclic amines) is 1. The van der Waals surface area contributed by atoms with E-state index in [2.05, 4.69) is 34.8 Å². The molecule has 0 radical (unpaired) electrons. The summed E-state index contributed by atoms with van der Waals surface area (Å²) < 4.78 is 0. The van der Waals surface area contributed by atoms with Gasteiger partial charge in [0.25, 0.3) is 0 Å². The van der Waals surface area contributed by atoms with Gasteiger partial charge in [0.1, 0.15) is 0 Å². The van der Waals surface area contributed by atoms with Crippen molar-refractivity contribution < 1.29 is 0 Å². The second kappa shape index (κ2) is 5.09. The van der Waals surface area contributed by atoms with Gasteiger partial charge in [-0.05, 0) is 56.6 Å². The van der Waals surface area contributed by atoms with Crippen LogP contribution in [0.5, 0.6) is 0 Å². The molecule has 1 saturated carbocycles. The van der Waals surface area contributed by atoms with Gasteiger partial charge in [-0.15, -0.1) is 11.3 Å². The molecule has 94 valence electrons. The molecular formula is C14H22N2S. The molecule has 2 nitrogen and oxygen atoms in total. The number of thiophene rings is 1. The van der Waals surface area contributed by atoms with Crippen molar-refractivity contribution in [3.63, 3.8) is 0 Å². The molecule has 1 aliphatic heterocycles. The van der Waals surface area contributed by atoms with E-state index in [1.165, 1.54) is 38.8 Å². The van der Waals surface area contributed by atoms with Crippen molar-refractivity contribution in [3.05, 3.63) is 22.4 Å². The predicted molar refractivity (Wildman–Crippen MR) is 73.4 cm³/mol. The molecule has 1 saturated heterocycles. The van der Waals surface area contributed by atoms with E-state index < -0.39 is 0 Å². The number of rotatable bonds is 4. The number of hydrogen-bond acceptors (Lipinski definition) is 3. The summed E-state index contributed by atoms with van der Waals surface area (Å²) in [5.74, 6) is 0.904. The average molecular weight is 250 g/mol. The summed E-state index contributed by atoms with van der Waals surface area (Å²) in [5.41, 5.74) is 0. The Morgan fingerprint density at radius 3 is 2.94 bits per heavy atom. The molecule has 1 N–H and O–H groups in total. The van der Waals surface area contributed by atoms with Gasteiger partial charge in [-0.3, -0.25) is 0 Å².